The zero-order valence-electron chi connectivity index (χ0n) is 34.8. The Labute approximate surface area is 369 Å². The molecular formula is C62H38O2. The van der Waals surface area contributed by atoms with Crippen LogP contribution in [0.2, 0.25) is 0 Å². The van der Waals surface area contributed by atoms with Gasteiger partial charge >= 0.3 is 0 Å². The molecule has 0 unspecified atom stereocenters. The van der Waals surface area contributed by atoms with E-state index in [0.29, 0.717) is 0 Å². The summed E-state index contributed by atoms with van der Waals surface area (Å²) < 4.78 is 13.5. The summed E-state index contributed by atoms with van der Waals surface area (Å²) in [4.78, 5) is 0. The Kier molecular flexibility index (Phi) is 8.25. The molecular weight excluding hydrogens is 777 g/mol. The predicted octanol–water partition coefficient (Wildman–Crippen LogP) is 17.8. The lowest BCUT2D eigenvalue weighted by Gasteiger charge is -2.24. The van der Waals surface area contributed by atoms with Crippen molar-refractivity contribution in [2.24, 2.45) is 0 Å². The van der Waals surface area contributed by atoms with Crippen LogP contribution >= 0.6 is 0 Å². The molecule has 13 aromatic rings. The van der Waals surface area contributed by atoms with Crippen molar-refractivity contribution in [2.75, 3.05) is 0 Å². The van der Waals surface area contributed by atoms with Crippen molar-refractivity contribution in [3.8, 4) is 66.8 Å². The molecule has 2 aromatic heterocycles. The second kappa shape index (κ2) is 14.6. The van der Waals surface area contributed by atoms with Gasteiger partial charge in [0.1, 0.15) is 22.3 Å². The Bertz CT molecular complexity index is 3860. The van der Waals surface area contributed by atoms with Gasteiger partial charge in [-0.15, -0.1) is 0 Å². The summed E-state index contributed by atoms with van der Waals surface area (Å²) in [5.41, 5.74) is 17.4. The van der Waals surface area contributed by atoms with Crippen LogP contribution in [0.1, 0.15) is 0 Å². The topological polar surface area (TPSA) is 26.3 Å². The fraction of sp³-hybridized carbons (Fsp3) is 0. The molecule has 0 aliphatic heterocycles. The van der Waals surface area contributed by atoms with Gasteiger partial charge in [-0.1, -0.05) is 200 Å². The Morgan fingerprint density at radius 1 is 0.203 bits per heavy atom. The van der Waals surface area contributed by atoms with Crippen LogP contribution in [0.3, 0.4) is 0 Å². The van der Waals surface area contributed by atoms with Crippen molar-refractivity contribution in [3.63, 3.8) is 0 Å². The number of hydrogen-bond acceptors (Lipinski definition) is 2. The average Bonchev–Trinajstić information content (AvgIpc) is 3.93. The van der Waals surface area contributed by atoms with Crippen LogP contribution in [0.5, 0.6) is 0 Å². The highest BCUT2D eigenvalue weighted by Gasteiger charge is 2.27. The first-order valence-electron chi connectivity index (χ1n) is 21.9. The number of rotatable bonds is 6. The van der Waals surface area contributed by atoms with Gasteiger partial charge in [-0.05, 0) is 113 Å². The summed E-state index contributed by atoms with van der Waals surface area (Å²) in [7, 11) is 0. The number of fused-ring (bicyclic) bond motifs is 8. The van der Waals surface area contributed by atoms with Crippen molar-refractivity contribution in [3.05, 3.63) is 231 Å². The number of benzene rings is 11. The van der Waals surface area contributed by atoms with Crippen LogP contribution in [0.25, 0.3) is 132 Å². The van der Waals surface area contributed by atoms with E-state index < -0.39 is 0 Å². The molecule has 2 nitrogen and oxygen atoms in total. The first-order valence-corrected chi connectivity index (χ1v) is 21.9. The third kappa shape index (κ3) is 5.59. The molecule has 2 heterocycles. The minimum absolute atomic E-state index is 0.867. The van der Waals surface area contributed by atoms with Crippen LogP contribution in [-0.4, -0.2) is 0 Å². The number of furan rings is 2. The van der Waals surface area contributed by atoms with E-state index in [1.165, 1.54) is 38.2 Å². The van der Waals surface area contributed by atoms with Gasteiger partial charge in [0, 0.05) is 27.1 Å². The Morgan fingerprint density at radius 2 is 0.656 bits per heavy atom. The van der Waals surface area contributed by atoms with Crippen LogP contribution in [-0.2, 0) is 0 Å². The molecule has 0 saturated heterocycles. The smallest absolute Gasteiger partial charge is 0.136 e. The molecule has 0 N–H and O–H groups in total. The predicted molar refractivity (Wildman–Crippen MR) is 269 cm³/mol. The second-order valence-corrected chi connectivity index (χ2v) is 16.6. The molecule has 0 aliphatic carbocycles. The summed E-state index contributed by atoms with van der Waals surface area (Å²) in [6, 6.07) is 82.9. The maximum atomic E-state index is 6.78. The summed E-state index contributed by atoms with van der Waals surface area (Å²) in [6.07, 6.45) is 0. The fourth-order valence-electron chi connectivity index (χ4n) is 10.4. The Hall–Kier alpha value is -8.46. The minimum Gasteiger partial charge on any atom is -0.456 e. The highest BCUT2D eigenvalue weighted by molar-refractivity contribution is 6.28. The zero-order valence-corrected chi connectivity index (χ0v) is 34.8. The summed E-state index contributed by atoms with van der Waals surface area (Å²) in [6.45, 7) is 0. The lowest BCUT2D eigenvalue weighted by molar-refractivity contribution is 0.669. The molecule has 11 aromatic carbocycles. The fourth-order valence-corrected chi connectivity index (χ4v) is 10.4. The quantitative estimate of drug-likeness (QED) is 0.156. The normalized spacial score (nSPS) is 11.8. The van der Waals surface area contributed by atoms with Gasteiger partial charge in [0.25, 0.3) is 0 Å². The molecule has 2 heteroatoms. The number of hydrogen-bond donors (Lipinski definition) is 0. The van der Waals surface area contributed by atoms with E-state index in [-0.39, 0.29) is 0 Å². The van der Waals surface area contributed by atoms with E-state index in [1.807, 2.05) is 0 Å². The van der Waals surface area contributed by atoms with E-state index in [2.05, 4.69) is 231 Å². The van der Waals surface area contributed by atoms with E-state index in [0.717, 1.165) is 93.9 Å². The first-order chi connectivity index (χ1) is 31.8. The molecule has 0 atom stereocenters. The van der Waals surface area contributed by atoms with Crippen molar-refractivity contribution >= 4 is 65.4 Å². The highest BCUT2D eigenvalue weighted by atomic mass is 16.3. The van der Waals surface area contributed by atoms with Crippen molar-refractivity contribution < 1.29 is 8.83 Å². The molecule has 0 spiro atoms. The molecule has 0 amide bonds. The lowest BCUT2D eigenvalue weighted by atomic mass is 9.79. The molecule has 0 radical (unpaired) electrons. The standard InChI is InChI=1S/C62H38O2/c1-5-20-39(21-6-1)43-33-19-35-54-59(43)52-36-51(49(37-55(52)64-54)40-22-7-2-8-23-40)58-44-28-13-15-30-46(44)60(47-31-16-14-29-45(47)58)62-50(41-24-9-3-10-25-41)38-56-61(48-32-17-18-34-53(48)63-56)57(62)42-26-11-4-12-27-42/h1-38H. The van der Waals surface area contributed by atoms with Crippen LogP contribution in [0.15, 0.2) is 239 Å². The minimum atomic E-state index is 0.867. The Balaban J connectivity index is 1.21. The van der Waals surface area contributed by atoms with Gasteiger partial charge in [0.2, 0.25) is 0 Å². The van der Waals surface area contributed by atoms with Crippen LogP contribution < -0.4 is 0 Å². The van der Waals surface area contributed by atoms with Crippen LogP contribution in [0.4, 0.5) is 0 Å². The van der Waals surface area contributed by atoms with Gasteiger partial charge in [0.15, 0.2) is 0 Å². The highest BCUT2D eigenvalue weighted by Crippen LogP contribution is 2.54. The van der Waals surface area contributed by atoms with E-state index in [9.17, 15) is 0 Å². The van der Waals surface area contributed by atoms with Gasteiger partial charge < -0.3 is 8.83 Å². The largest absolute Gasteiger partial charge is 0.456 e. The lowest BCUT2D eigenvalue weighted by Crippen LogP contribution is -1.97. The second-order valence-electron chi connectivity index (χ2n) is 16.6. The maximum Gasteiger partial charge on any atom is 0.136 e. The average molecular weight is 815 g/mol. The third-order valence-corrected chi connectivity index (χ3v) is 13.1. The third-order valence-electron chi connectivity index (χ3n) is 13.1. The summed E-state index contributed by atoms with van der Waals surface area (Å²) in [5, 5.41) is 9.15. The Morgan fingerprint density at radius 3 is 1.27 bits per heavy atom. The van der Waals surface area contributed by atoms with Gasteiger partial charge in [-0.25, -0.2) is 0 Å². The van der Waals surface area contributed by atoms with Crippen LogP contribution in [0, 0.1) is 0 Å². The maximum absolute atomic E-state index is 6.78. The molecule has 13 rings (SSSR count). The molecule has 64 heavy (non-hydrogen) atoms. The van der Waals surface area contributed by atoms with Gasteiger partial charge in [0.05, 0.1) is 0 Å². The first kappa shape index (κ1) is 36.2. The summed E-state index contributed by atoms with van der Waals surface area (Å²) >= 11 is 0. The van der Waals surface area contributed by atoms with Gasteiger partial charge in [-0.2, -0.15) is 0 Å². The number of para-hydroxylation sites is 1. The molecule has 0 bridgehead atoms. The molecule has 298 valence electrons. The van der Waals surface area contributed by atoms with Crippen molar-refractivity contribution in [1.29, 1.82) is 0 Å². The molecule has 0 saturated carbocycles. The molecule has 0 aliphatic rings. The van der Waals surface area contributed by atoms with Crippen molar-refractivity contribution in [2.45, 2.75) is 0 Å². The van der Waals surface area contributed by atoms with Gasteiger partial charge in [-0.3, -0.25) is 0 Å². The summed E-state index contributed by atoms with van der Waals surface area (Å²) in [5.74, 6) is 0. The molecule has 0 fully saturated rings. The monoisotopic (exact) mass is 814 g/mol. The van der Waals surface area contributed by atoms with E-state index in [1.54, 1.807) is 0 Å². The van der Waals surface area contributed by atoms with E-state index >= 15 is 0 Å². The van der Waals surface area contributed by atoms with E-state index in [4.69, 9.17) is 8.83 Å². The SMILES string of the molecule is c1ccc(-c2cc3oc4cccc(-c5ccccc5)c4c3cc2-c2c3ccccc3c(-c3c(-c4ccccc4)cc4oc5ccccc5c4c3-c3ccccc3)c3ccccc23)cc1. The zero-order chi connectivity index (χ0) is 42.1. The van der Waals surface area contributed by atoms with Crippen molar-refractivity contribution in [1.82, 2.24) is 0 Å².